The summed E-state index contributed by atoms with van der Waals surface area (Å²) < 4.78 is 5.17. The molecule has 3 aromatic carbocycles. The average Bonchev–Trinajstić information content (AvgIpc) is 3.35. The van der Waals surface area contributed by atoms with E-state index in [9.17, 15) is 14.4 Å². The fourth-order valence-electron chi connectivity index (χ4n) is 3.81. The molecule has 1 atom stereocenters. The Morgan fingerprint density at radius 3 is 2.29 bits per heavy atom. The number of thioether (sulfide) groups is 1. The highest BCUT2D eigenvalue weighted by Gasteiger charge is 2.29. The van der Waals surface area contributed by atoms with Gasteiger partial charge in [-0.15, -0.1) is 5.10 Å². The summed E-state index contributed by atoms with van der Waals surface area (Å²) in [6, 6.07) is 18.9. The third kappa shape index (κ3) is 4.33. The van der Waals surface area contributed by atoms with Crippen LogP contribution in [0.5, 0.6) is 5.75 Å². The number of aromatic nitrogens is 3. The van der Waals surface area contributed by atoms with E-state index in [2.05, 4.69) is 20.5 Å². The lowest BCUT2D eigenvalue weighted by Crippen LogP contribution is -2.24. The Morgan fingerprint density at radius 1 is 0.943 bits per heavy atom. The van der Waals surface area contributed by atoms with Crippen LogP contribution in [0.4, 0.5) is 5.69 Å². The van der Waals surface area contributed by atoms with Gasteiger partial charge in [-0.25, -0.2) is 4.98 Å². The van der Waals surface area contributed by atoms with Crippen molar-refractivity contribution in [3.8, 4) is 17.1 Å². The van der Waals surface area contributed by atoms with Crippen LogP contribution in [0.3, 0.4) is 0 Å². The quantitative estimate of drug-likeness (QED) is 0.344. The first-order valence-electron chi connectivity index (χ1n) is 10.8. The summed E-state index contributed by atoms with van der Waals surface area (Å²) in [5.74, 6) is 0.613. The SMILES string of the molecule is COc1ccc(-c2nc(SC(C)C(=O)Nc3ccc4c(c3)C(=O)c3ccccc3C4=O)n[nH]2)cc1. The van der Waals surface area contributed by atoms with Crippen LogP contribution in [-0.2, 0) is 4.79 Å². The van der Waals surface area contributed by atoms with Crippen molar-refractivity contribution in [2.45, 2.75) is 17.3 Å². The van der Waals surface area contributed by atoms with Crippen LogP contribution in [0.1, 0.15) is 38.8 Å². The van der Waals surface area contributed by atoms with Gasteiger partial charge in [-0.3, -0.25) is 19.5 Å². The third-order valence-corrected chi connectivity index (χ3v) is 6.63. The second-order valence-corrected chi connectivity index (χ2v) is 9.22. The van der Waals surface area contributed by atoms with E-state index >= 15 is 0 Å². The normalized spacial score (nSPS) is 13.1. The number of carbonyl (C=O) groups is 3. The predicted molar refractivity (Wildman–Crippen MR) is 132 cm³/mol. The van der Waals surface area contributed by atoms with Crippen molar-refractivity contribution in [1.29, 1.82) is 0 Å². The number of ether oxygens (including phenoxy) is 1. The number of hydrogen-bond donors (Lipinski definition) is 2. The Hall–Kier alpha value is -4.24. The Morgan fingerprint density at radius 2 is 1.60 bits per heavy atom. The first kappa shape index (κ1) is 22.5. The second kappa shape index (κ2) is 9.19. The number of carbonyl (C=O) groups excluding carboxylic acids is 3. The van der Waals surface area contributed by atoms with E-state index in [1.54, 1.807) is 56.5 Å². The maximum absolute atomic E-state index is 12.9. The van der Waals surface area contributed by atoms with Crippen LogP contribution in [-0.4, -0.2) is 45.0 Å². The number of H-pyrrole nitrogens is 1. The van der Waals surface area contributed by atoms with E-state index in [0.717, 1.165) is 11.3 Å². The number of fused-ring (bicyclic) bond motifs is 2. The predicted octanol–water partition coefficient (Wildman–Crippen LogP) is 4.38. The monoisotopic (exact) mass is 484 g/mol. The van der Waals surface area contributed by atoms with E-state index in [1.165, 1.54) is 11.8 Å². The molecule has 0 spiro atoms. The zero-order valence-electron chi connectivity index (χ0n) is 18.9. The Kier molecular flexibility index (Phi) is 5.92. The Bertz CT molecular complexity index is 1460. The van der Waals surface area contributed by atoms with E-state index < -0.39 is 5.25 Å². The van der Waals surface area contributed by atoms with Gasteiger partial charge in [0, 0.05) is 33.5 Å². The summed E-state index contributed by atoms with van der Waals surface area (Å²) >= 11 is 1.20. The number of hydrogen-bond acceptors (Lipinski definition) is 7. The van der Waals surface area contributed by atoms with Crippen LogP contribution in [0, 0.1) is 0 Å². The number of aromatic amines is 1. The van der Waals surface area contributed by atoms with Crippen LogP contribution in [0.2, 0.25) is 0 Å². The highest BCUT2D eigenvalue weighted by atomic mass is 32.2. The maximum atomic E-state index is 12.9. The summed E-state index contributed by atoms with van der Waals surface area (Å²) in [4.78, 5) is 43.0. The molecule has 8 nitrogen and oxygen atoms in total. The lowest BCUT2D eigenvalue weighted by molar-refractivity contribution is -0.115. The number of rotatable bonds is 6. The minimum absolute atomic E-state index is 0.200. The molecule has 2 N–H and O–H groups in total. The molecule has 0 radical (unpaired) electrons. The molecule has 0 saturated carbocycles. The number of nitrogens with zero attached hydrogens (tertiary/aromatic N) is 2. The molecule has 174 valence electrons. The van der Waals surface area contributed by atoms with Gasteiger partial charge >= 0.3 is 0 Å². The first-order valence-corrected chi connectivity index (χ1v) is 11.7. The summed E-state index contributed by atoms with van der Waals surface area (Å²) in [5, 5.41) is 9.82. The summed E-state index contributed by atoms with van der Waals surface area (Å²) in [6.45, 7) is 1.74. The fraction of sp³-hybridized carbons (Fsp3) is 0.115. The lowest BCUT2D eigenvalue weighted by atomic mass is 9.84. The molecule has 35 heavy (non-hydrogen) atoms. The van der Waals surface area contributed by atoms with E-state index in [4.69, 9.17) is 4.74 Å². The molecule has 1 amide bonds. The van der Waals surface area contributed by atoms with Gasteiger partial charge < -0.3 is 10.1 Å². The average molecular weight is 485 g/mol. The molecule has 5 rings (SSSR count). The van der Waals surface area contributed by atoms with E-state index in [1.807, 2.05) is 24.3 Å². The van der Waals surface area contributed by atoms with Gasteiger partial charge in [0.25, 0.3) is 0 Å². The molecule has 0 aliphatic heterocycles. The zero-order chi connectivity index (χ0) is 24.5. The van der Waals surface area contributed by atoms with Crippen LogP contribution >= 0.6 is 11.8 Å². The molecule has 0 fully saturated rings. The number of amides is 1. The molecular weight excluding hydrogens is 464 g/mol. The van der Waals surface area contributed by atoms with E-state index in [-0.39, 0.29) is 23.0 Å². The highest BCUT2D eigenvalue weighted by molar-refractivity contribution is 8.00. The number of benzene rings is 3. The van der Waals surface area contributed by atoms with Crippen molar-refractivity contribution >= 4 is 34.9 Å². The molecule has 4 aromatic rings. The Labute approximate surface area is 205 Å². The molecule has 9 heteroatoms. The molecule has 1 aliphatic carbocycles. The molecular formula is C26H20N4O4S. The molecule has 1 aromatic heterocycles. The van der Waals surface area contributed by atoms with Crippen molar-refractivity contribution in [2.75, 3.05) is 12.4 Å². The summed E-state index contributed by atoms with van der Waals surface area (Å²) in [6.07, 6.45) is 0. The van der Waals surface area contributed by atoms with Gasteiger partial charge in [-0.2, -0.15) is 0 Å². The topological polar surface area (TPSA) is 114 Å². The zero-order valence-corrected chi connectivity index (χ0v) is 19.7. The minimum atomic E-state index is -0.511. The summed E-state index contributed by atoms with van der Waals surface area (Å²) in [7, 11) is 1.60. The number of methoxy groups -OCH3 is 1. The van der Waals surface area contributed by atoms with Gasteiger partial charge in [0.05, 0.1) is 12.4 Å². The number of anilines is 1. The molecule has 1 unspecified atom stereocenters. The standard InChI is InChI=1S/C26H20N4O4S/c1-14(35-26-28-24(29-30-26)15-7-10-17(34-2)11-8-15)25(33)27-16-9-12-20-21(13-16)23(32)19-6-4-3-5-18(19)22(20)31/h3-14H,1-2H3,(H,27,33)(H,28,29,30). The van der Waals surface area contributed by atoms with Crippen molar-refractivity contribution in [2.24, 2.45) is 0 Å². The summed E-state index contributed by atoms with van der Waals surface area (Å²) in [5.41, 5.74) is 2.67. The van der Waals surface area contributed by atoms with Crippen LogP contribution in [0.15, 0.2) is 71.9 Å². The van der Waals surface area contributed by atoms with E-state index in [0.29, 0.717) is 33.4 Å². The lowest BCUT2D eigenvalue weighted by Gasteiger charge is -2.18. The molecule has 1 heterocycles. The smallest absolute Gasteiger partial charge is 0.237 e. The number of ketones is 2. The fourth-order valence-corrected chi connectivity index (χ4v) is 4.53. The van der Waals surface area contributed by atoms with Crippen molar-refractivity contribution in [3.63, 3.8) is 0 Å². The van der Waals surface area contributed by atoms with Gasteiger partial charge in [-0.1, -0.05) is 36.0 Å². The molecule has 0 bridgehead atoms. The van der Waals surface area contributed by atoms with Crippen LogP contribution in [0.25, 0.3) is 11.4 Å². The van der Waals surface area contributed by atoms with Crippen LogP contribution < -0.4 is 10.1 Å². The van der Waals surface area contributed by atoms with Gasteiger partial charge in [0.15, 0.2) is 17.4 Å². The van der Waals surface area contributed by atoms with Gasteiger partial charge in [0.2, 0.25) is 11.1 Å². The van der Waals surface area contributed by atoms with Crippen molar-refractivity contribution < 1.29 is 19.1 Å². The Balaban J connectivity index is 1.28. The molecule has 0 saturated heterocycles. The van der Waals surface area contributed by atoms with Crippen molar-refractivity contribution in [1.82, 2.24) is 15.2 Å². The third-order valence-electron chi connectivity index (χ3n) is 5.67. The second-order valence-electron chi connectivity index (χ2n) is 7.91. The van der Waals surface area contributed by atoms with Crippen molar-refractivity contribution in [3.05, 3.63) is 89.0 Å². The highest BCUT2D eigenvalue weighted by Crippen LogP contribution is 2.30. The van der Waals surface area contributed by atoms with Gasteiger partial charge in [-0.05, 0) is 49.4 Å². The van der Waals surface area contributed by atoms with Gasteiger partial charge in [0.1, 0.15) is 5.75 Å². The number of nitrogens with one attached hydrogen (secondary N) is 2. The largest absolute Gasteiger partial charge is 0.497 e. The maximum Gasteiger partial charge on any atom is 0.237 e. The first-order chi connectivity index (χ1) is 16.9. The minimum Gasteiger partial charge on any atom is -0.497 e. The molecule has 1 aliphatic rings.